The summed E-state index contributed by atoms with van der Waals surface area (Å²) in [6.45, 7) is 0. The molecular formula is C19H21NO4S. The lowest BCUT2D eigenvalue weighted by atomic mass is 10.0. The van der Waals surface area contributed by atoms with Crippen molar-refractivity contribution in [3.63, 3.8) is 0 Å². The molecule has 1 amide bonds. The molecule has 1 N–H and O–H groups in total. The molecule has 5 nitrogen and oxygen atoms in total. The molecule has 0 spiro atoms. The number of fused-ring (bicyclic) bond motifs is 1. The van der Waals surface area contributed by atoms with Gasteiger partial charge in [-0.15, -0.1) is 11.8 Å². The van der Waals surface area contributed by atoms with E-state index in [1.54, 1.807) is 12.1 Å². The summed E-state index contributed by atoms with van der Waals surface area (Å²) in [5.41, 5.74) is 1.64. The highest BCUT2D eigenvalue weighted by Gasteiger charge is 2.24. The van der Waals surface area contributed by atoms with E-state index in [4.69, 9.17) is 14.2 Å². The normalized spacial score (nSPS) is 15.9. The van der Waals surface area contributed by atoms with E-state index in [1.807, 2.05) is 23.9 Å². The van der Waals surface area contributed by atoms with Crippen molar-refractivity contribution in [2.45, 2.75) is 17.4 Å². The van der Waals surface area contributed by atoms with Crippen molar-refractivity contribution in [3.05, 3.63) is 47.5 Å². The summed E-state index contributed by atoms with van der Waals surface area (Å²) in [7, 11) is 4.61. The number of thioether (sulfide) groups is 1. The molecule has 0 fully saturated rings. The Morgan fingerprint density at radius 2 is 1.76 bits per heavy atom. The Balaban J connectivity index is 1.87. The summed E-state index contributed by atoms with van der Waals surface area (Å²) >= 11 is 1.82. The molecule has 1 aliphatic rings. The molecule has 0 unspecified atom stereocenters. The Hall–Kier alpha value is -2.34. The Bertz CT molecular complexity index is 753. The Morgan fingerprint density at radius 3 is 2.40 bits per heavy atom. The first-order valence-corrected chi connectivity index (χ1v) is 8.99. The van der Waals surface area contributed by atoms with Crippen LogP contribution in [0.1, 0.15) is 28.4 Å². The monoisotopic (exact) mass is 359 g/mol. The standard InChI is InChI=1S/C19H21NO4S/c1-22-15-10-12(11-16(23-2)18(15)24-3)19(21)20-14-8-9-25-17-7-5-4-6-13(14)17/h4-7,10-11,14H,8-9H2,1-3H3,(H,20,21)/t14-/m0/s1. The molecule has 0 aliphatic carbocycles. The van der Waals surface area contributed by atoms with E-state index in [-0.39, 0.29) is 11.9 Å². The summed E-state index contributed by atoms with van der Waals surface area (Å²) in [5, 5.41) is 3.13. The lowest BCUT2D eigenvalue weighted by Gasteiger charge is -2.26. The van der Waals surface area contributed by atoms with E-state index >= 15 is 0 Å². The Kier molecular flexibility index (Phi) is 5.38. The summed E-state index contributed by atoms with van der Waals surface area (Å²) in [6, 6.07) is 11.5. The van der Waals surface area contributed by atoms with Crippen molar-refractivity contribution >= 4 is 17.7 Å². The number of methoxy groups -OCH3 is 3. The van der Waals surface area contributed by atoms with Gasteiger partial charge in [0.05, 0.1) is 27.4 Å². The Labute approximate surface area is 151 Å². The van der Waals surface area contributed by atoms with E-state index in [0.29, 0.717) is 22.8 Å². The number of ether oxygens (including phenoxy) is 3. The average Bonchev–Trinajstić information content (AvgIpc) is 2.66. The topological polar surface area (TPSA) is 56.8 Å². The smallest absolute Gasteiger partial charge is 0.252 e. The first kappa shape index (κ1) is 17.5. The van der Waals surface area contributed by atoms with E-state index < -0.39 is 0 Å². The zero-order chi connectivity index (χ0) is 17.8. The zero-order valence-electron chi connectivity index (χ0n) is 14.5. The fourth-order valence-electron chi connectivity index (χ4n) is 2.95. The molecule has 1 aliphatic heterocycles. The van der Waals surface area contributed by atoms with Gasteiger partial charge in [-0.05, 0) is 30.2 Å². The second-order valence-electron chi connectivity index (χ2n) is 5.62. The maximum atomic E-state index is 12.8. The molecule has 132 valence electrons. The molecule has 3 rings (SSSR count). The molecule has 6 heteroatoms. The van der Waals surface area contributed by atoms with Crippen LogP contribution in [0.15, 0.2) is 41.3 Å². The van der Waals surface area contributed by atoms with Crippen molar-refractivity contribution < 1.29 is 19.0 Å². The van der Waals surface area contributed by atoms with Gasteiger partial charge in [-0.1, -0.05) is 18.2 Å². The predicted molar refractivity (Wildman–Crippen MR) is 98.1 cm³/mol. The predicted octanol–water partition coefficient (Wildman–Crippen LogP) is 3.68. The van der Waals surface area contributed by atoms with Gasteiger partial charge >= 0.3 is 0 Å². The molecule has 0 radical (unpaired) electrons. The highest BCUT2D eigenvalue weighted by Crippen LogP contribution is 2.39. The second-order valence-corrected chi connectivity index (χ2v) is 6.75. The number of hydrogen-bond acceptors (Lipinski definition) is 5. The van der Waals surface area contributed by atoms with Crippen LogP contribution in [0, 0.1) is 0 Å². The van der Waals surface area contributed by atoms with E-state index in [0.717, 1.165) is 12.2 Å². The van der Waals surface area contributed by atoms with Crippen LogP contribution in [0.25, 0.3) is 0 Å². The molecule has 1 atom stereocenters. The van der Waals surface area contributed by atoms with Gasteiger partial charge in [-0.25, -0.2) is 0 Å². The van der Waals surface area contributed by atoms with Crippen LogP contribution in [0.4, 0.5) is 0 Å². The lowest BCUT2D eigenvalue weighted by molar-refractivity contribution is 0.0934. The summed E-state index contributed by atoms with van der Waals surface area (Å²) in [4.78, 5) is 14.0. The highest BCUT2D eigenvalue weighted by atomic mass is 32.2. The van der Waals surface area contributed by atoms with Crippen LogP contribution in [-0.2, 0) is 0 Å². The van der Waals surface area contributed by atoms with Crippen molar-refractivity contribution in [1.82, 2.24) is 5.32 Å². The minimum Gasteiger partial charge on any atom is -0.493 e. The maximum absolute atomic E-state index is 12.8. The van der Waals surface area contributed by atoms with Crippen molar-refractivity contribution in [2.75, 3.05) is 27.1 Å². The fourth-order valence-corrected chi connectivity index (χ4v) is 4.07. The molecule has 2 aromatic carbocycles. The van der Waals surface area contributed by atoms with Crippen LogP contribution in [0.3, 0.4) is 0 Å². The fraction of sp³-hybridized carbons (Fsp3) is 0.316. The van der Waals surface area contributed by atoms with Gasteiger partial charge in [0.2, 0.25) is 5.75 Å². The number of carbonyl (C=O) groups is 1. The minimum absolute atomic E-state index is 0.00374. The SMILES string of the molecule is COc1cc(C(=O)N[C@H]2CCSc3ccccc32)cc(OC)c1OC. The molecular weight excluding hydrogens is 338 g/mol. The molecule has 0 bridgehead atoms. The number of hydrogen-bond donors (Lipinski definition) is 1. The maximum Gasteiger partial charge on any atom is 0.252 e. The van der Waals surface area contributed by atoms with Crippen molar-refractivity contribution in [2.24, 2.45) is 0 Å². The molecule has 0 saturated heterocycles. The van der Waals surface area contributed by atoms with E-state index in [9.17, 15) is 4.79 Å². The Morgan fingerprint density at radius 1 is 1.08 bits per heavy atom. The molecule has 25 heavy (non-hydrogen) atoms. The third-order valence-electron chi connectivity index (χ3n) is 4.19. The molecule has 2 aromatic rings. The number of nitrogens with one attached hydrogen (secondary N) is 1. The van der Waals surface area contributed by atoms with E-state index in [1.165, 1.54) is 31.8 Å². The van der Waals surface area contributed by atoms with Crippen LogP contribution in [0.2, 0.25) is 0 Å². The van der Waals surface area contributed by atoms with Gasteiger partial charge in [0.25, 0.3) is 5.91 Å². The third kappa shape index (κ3) is 3.54. The number of carbonyl (C=O) groups excluding carboxylic acids is 1. The first-order valence-electron chi connectivity index (χ1n) is 8.00. The van der Waals surface area contributed by atoms with Gasteiger partial charge < -0.3 is 19.5 Å². The van der Waals surface area contributed by atoms with Crippen molar-refractivity contribution in [1.29, 1.82) is 0 Å². The summed E-state index contributed by atoms with van der Waals surface area (Å²) in [5.74, 6) is 2.22. The van der Waals surface area contributed by atoms with Crippen LogP contribution in [0.5, 0.6) is 17.2 Å². The van der Waals surface area contributed by atoms with Gasteiger partial charge in [0.15, 0.2) is 11.5 Å². The van der Waals surface area contributed by atoms with Crippen LogP contribution < -0.4 is 19.5 Å². The quantitative estimate of drug-likeness (QED) is 0.883. The minimum atomic E-state index is -0.161. The average molecular weight is 359 g/mol. The summed E-state index contributed by atoms with van der Waals surface area (Å²) < 4.78 is 16.0. The third-order valence-corrected chi connectivity index (χ3v) is 5.31. The van der Waals surface area contributed by atoms with Gasteiger partial charge in [0.1, 0.15) is 0 Å². The zero-order valence-corrected chi connectivity index (χ0v) is 15.3. The second kappa shape index (κ2) is 7.70. The first-order chi connectivity index (χ1) is 12.2. The number of rotatable bonds is 5. The van der Waals surface area contributed by atoms with Gasteiger partial charge in [-0.2, -0.15) is 0 Å². The van der Waals surface area contributed by atoms with Gasteiger partial charge in [0, 0.05) is 16.2 Å². The van der Waals surface area contributed by atoms with Crippen molar-refractivity contribution in [3.8, 4) is 17.2 Å². The molecule has 1 heterocycles. The van der Waals surface area contributed by atoms with Gasteiger partial charge in [-0.3, -0.25) is 4.79 Å². The molecule has 0 saturated carbocycles. The molecule has 0 aromatic heterocycles. The van der Waals surface area contributed by atoms with Crippen LogP contribution >= 0.6 is 11.8 Å². The van der Waals surface area contributed by atoms with Crippen LogP contribution in [-0.4, -0.2) is 33.0 Å². The summed E-state index contributed by atoms with van der Waals surface area (Å²) in [6.07, 6.45) is 0.901. The number of amides is 1. The van der Waals surface area contributed by atoms with E-state index in [2.05, 4.69) is 17.4 Å². The highest BCUT2D eigenvalue weighted by molar-refractivity contribution is 7.99. The number of benzene rings is 2. The largest absolute Gasteiger partial charge is 0.493 e. The lowest BCUT2D eigenvalue weighted by Crippen LogP contribution is -2.30.